The summed E-state index contributed by atoms with van der Waals surface area (Å²) < 4.78 is 1.57. The molecule has 0 aliphatic rings. The Morgan fingerprint density at radius 1 is 1.09 bits per heavy atom. The monoisotopic (exact) mass is 502 g/mol. The summed E-state index contributed by atoms with van der Waals surface area (Å²) in [5.41, 5.74) is 1.88. The minimum atomic E-state index is -0.556. The number of rotatable bonds is 8. The van der Waals surface area contributed by atoms with Gasteiger partial charge in [0, 0.05) is 17.3 Å². The van der Waals surface area contributed by atoms with Gasteiger partial charge in [0.2, 0.25) is 5.91 Å². The Kier molecular flexibility index (Phi) is 7.86. The lowest BCUT2D eigenvalue weighted by Crippen LogP contribution is -2.37. The molecule has 0 bridgehead atoms. The Balaban J connectivity index is 1.71. The lowest BCUT2D eigenvalue weighted by Gasteiger charge is -2.25. The molecule has 0 aliphatic heterocycles. The Bertz CT molecular complexity index is 1450. The van der Waals surface area contributed by atoms with Gasteiger partial charge in [0.1, 0.15) is 0 Å². The summed E-state index contributed by atoms with van der Waals surface area (Å²) >= 11 is 7.60. The minimum Gasteiger partial charge on any atom is -0.310 e. The molecule has 8 heteroatoms. The first-order valence-electron chi connectivity index (χ1n) is 11.1. The van der Waals surface area contributed by atoms with E-state index in [0.29, 0.717) is 21.1 Å². The molecular weight excluding hydrogens is 480 g/mol. The van der Waals surface area contributed by atoms with Crippen molar-refractivity contribution < 1.29 is 4.79 Å². The average Bonchev–Trinajstić information content (AvgIpc) is 2.88. The molecular formula is C27H23ClN4O2S. The number of hydrogen-bond donors (Lipinski definition) is 0. The fourth-order valence-corrected chi connectivity index (χ4v) is 4.90. The van der Waals surface area contributed by atoms with E-state index in [-0.39, 0.29) is 31.0 Å². The molecule has 1 atom stereocenters. The number of fused-ring (bicyclic) bond motifs is 1. The molecule has 4 aromatic rings. The molecule has 0 N–H and O–H groups in total. The van der Waals surface area contributed by atoms with E-state index in [1.807, 2.05) is 54.6 Å². The molecule has 0 saturated heterocycles. The van der Waals surface area contributed by atoms with Gasteiger partial charge >= 0.3 is 0 Å². The molecule has 35 heavy (non-hydrogen) atoms. The lowest BCUT2D eigenvalue weighted by molar-refractivity contribution is -0.117. The Hall–Kier alpha value is -3.60. The van der Waals surface area contributed by atoms with Gasteiger partial charge in [-0.2, -0.15) is 5.26 Å². The number of benzene rings is 3. The normalized spacial score (nSPS) is 11.7. The highest BCUT2D eigenvalue weighted by molar-refractivity contribution is 8.00. The quantitative estimate of drug-likeness (QED) is 0.234. The third-order valence-corrected chi connectivity index (χ3v) is 6.97. The number of carbonyl (C=O) groups is 1. The van der Waals surface area contributed by atoms with Gasteiger partial charge in [0.15, 0.2) is 5.16 Å². The van der Waals surface area contributed by atoms with Crippen molar-refractivity contribution >= 4 is 45.9 Å². The molecule has 0 radical (unpaired) electrons. The van der Waals surface area contributed by atoms with Crippen LogP contribution >= 0.6 is 23.4 Å². The number of hydrogen-bond acceptors (Lipinski definition) is 5. The highest BCUT2D eigenvalue weighted by Gasteiger charge is 2.25. The van der Waals surface area contributed by atoms with Crippen molar-refractivity contribution in [2.75, 3.05) is 11.4 Å². The Labute approximate surface area is 212 Å². The third kappa shape index (κ3) is 5.56. The zero-order valence-electron chi connectivity index (χ0n) is 19.1. The van der Waals surface area contributed by atoms with Gasteiger partial charge in [-0.25, -0.2) is 4.98 Å². The van der Waals surface area contributed by atoms with Gasteiger partial charge in [0.05, 0.1) is 35.2 Å². The van der Waals surface area contributed by atoms with Crippen LogP contribution in [0.1, 0.15) is 18.9 Å². The molecule has 3 aromatic carbocycles. The van der Waals surface area contributed by atoms with Crippen LogP contribution < -0.4 is 10.5 Å². The van der Waals surface area contributed by atoms with Crippen LogP contribution in [0.2, 0.25) is 5.02 Å². The summed E-state index contributed by atoms with van der Waals surface area (Å²) in [6.45, 7) is 2.30. The van der Waals surface area contributed by atoms with Crippen molar-refractivity contribution in [3.63, 3.8) is 0 Å². The van der Waals surface area contributed by atoms with Gasteiger partial charge in [0.25, 0.3) is 5.56 Å². The van der Waals surface area contributed by atoms with E-state index >= 15 is 0 Å². The van der Waals surface area contributed by atoms with Crippen LogP contribution in [0.3, 0.4) is 0 Å². The highest BCUT2D eigenvalue weighted by atomic mass is 35.5. The standard InChI is InChI=1S/C27H23ClN4O2S/c1-19(25(33)31(17-9-16-29)21-11-3-2-4-12-21)35-27-30-24-15-8-6-13-22(24)26(34)32(27)18-20-10-5-7-14-23(20)28/h2-8,10-15,19H,9,17-18H2,1H3/t19-/m0/s1. The molecule has 6 nitrogen and oxygen atoms in total. The molecule has 0 fully saturated rings. The fourth-order valence-electron chi connectivity index (χ4n) is 3.74. The van der Waals surface area contributed by atoms with Crippen molar-refractivity contribution in [3.05, 3.63) is 99.8 Å². The lowest BCUT2D eigenvalue weighted by atomic mass is 10.2. The number of nitrogens with zero attached hydrogens (tertiary/aromatic N) is 4. The number of halogens is 1. The van der Waals surface area contributed by atoms with Gasteiger partial charge in [-0.05, 0) is 42.8 Å². The van der Waals surface area contributed by atoms with Gasteiger partial charge in [-0.3, -0.25) is 14.2 Å². The maximum absolute atomic E-state index is 13.5. The van der Waals surface area contributed by atoms with Crippen LogP contribution in [0.4, 0.5) is 5.69 Å². The molecule has 0 spiro atoms. The maximum Gasteiger partial charge on any atom is 0.262 e. The van der Waals surface area contributed by atoms with Crippen LogP contribution in [0.5, 0.6) is 0 Å². The summed E-state index contributed by atoms with van der Waals surface area (Å²) in [4.78, 5) is 33.3. The van der Waals surface area contributed by atoms with Crippen molar-refractivity contribution in [1.29, 1.82) is 5.26 Å². The second-order valence-corrected chi connectivity index (χ2v) is 9.60. The van der Waals surface area contributed by atoms with Crippen LogP contribution in [0.25, 0.3) is 10.9 Å². The van der Waals surface area contributed by atoms with Crippen molar-refractivity contribution in [2.45, 2.75) is 30.3 Å². The molecule has 1 heterocycles. The summed E-state index contributed by atoms with van der Waals surface area (Å²) in [5, 5.41) is 10.0. The molecule has 0 aliphatic carbocycles. The number of aromatic nitrogens is 2. The largest absolute Gasteiger partial charge is 0.310 e. The number of thioether (sulfide) groups is 1. The SMILES string of the molecule is C[C@H](Sc1nc2ccccc2c(=O)n1Cc1ccccc1Cl)C(=O)N(CCC#N)c1ccccc1. The first-order valence-corrected chi connectivity index (χ1v) is 12.4. The zero-order valence-corrected chi connectivity index (χ0v) is 20.7. The summed E-state index contributed by atoms with van der Waals surface area (Å²) in [5.74, 6) is -0.164. The number of anilines is 1. The predicted octanol–water partition coefficient (Wildman–Crippen LogP) is 5.53. The molecule has 1 amide bonds. The summed E-state index contributed by atoms with van der Waals surface area (Å²) in [6.07, 6.45) is 0.212. The van der Waals surface area contributed by atoms with Crippen molar-refractivity contribution in [3.8, 4) is 6.07 Å². The summed E-state index contributed by atoms with van der Waals surface area (Å²) in [6, 6.07) is 25.9. The molecule has 1 aromatic heterocycles. The van der Waals surface area contributed by atoms with Crippen LogP contribution in [0, 0.1) is 11.3 Å². The number of para-hydroxylation sites is 2. The minimum absolute atomic E-state index is 0.164. The smallest absolute Gasteiger partial charge is 0.262 e. The van der Waals surface area contributed by atoms with Crippen LogP contribution in [-0.2, 0) is 11.3 Å². The van der Waals surface area contributed by atoms with E-state index in [1.165, 1.54) is 11.8 Å². The predicted molar refractivity (Wildman–Crippen MR) is 141 cm³/mol. The van der Waals surface area contributed by atoms with Crippen molar-refractivity contribution in [2.24, 2.45) is 0 Å². The summed E-state index contributed by atoms with van der Waals surface area (Å²) in [7, 11) is 0. The molecule has 4 rings (SSSR count). The molecule has 0 unspecified atom stereocenters. The van der Waals surface area contributed by atoms with E-state index in [2.05, 4.69) is 6.07 Å². The topological polar surface area (TPSA) is 79.0 Å². The van der Waals surface area contributed by atoms with E-state index in [9.17, 15) is 9.59 Å². The second kappa shape index (κ2) is 11.2. The number of carbonyl (C=O) groups excluding carboxylic acids is 1. The van der Waals surface area contributed by atoms with Gasteiger partial charge < -0.3 is 4.90 Å². The van der Waals surface area contributed by atoms with Crippen LogP contribution in [-0.4, -0.2) is 27.3 Å². The Morgan fingerprint density at radius 3 is 2.51 bits per heavy atom. The molecule has 0 saturated carbocycles. The van der Waals surface area contributed by atoms with Crippen LogP contribution in [0.15, 0.2) is 88.8 Å². The first-order chi connectivity index (χ1) is 17.0. The number of nitriles is 1. The first kappa shape index (κ1) is 24.5. The van der Waals surface area contributed by atoms with E-state index in [0.717, 1.165) is 11.3 Å². The van der Waals surface area contributed by atoms with Gasteiger partial charge in [-0.15, -0.1) is 0 Å². The average molecular weight is 503 g/mol. The Morgan fingerprint density at radius 2 is 1.77 bits per heavy atom. The van der Waals surface area contributed by atoms with E-state index < -0.39 is 5.25 Å². The zero-order chi connectivity index (χ0) is 24.8. The fraction of sp³-hybridized carbons (Fsp3) is 0.185. The van der Waals surface area contributed by atoms with Crippen molar-refractivity contribution in [1.82, 2.24) is 9.55 Å². The third-order valence-electron chi connectivity index (χ3n) is 5.52. The van der Waals surface area contributed by atoms with Gasteiger partial charge in [-0.1, -0.05) is 71.9 Å². The maximum atomic E-state index is 13.5. The second-order valence-electron chi connectivity index (χ2n) is 7.89. The highest BCUT2D eigenvalue weighted by Crippen LogP contribution is 2.27. The van der Waals surface area contributed by atoms with E-state index in [4.69, 9.17) is 21.8 Å². The molecule has 176 valence electrons. The number of amides is 1. The van der Waals surface area contributed by atoms with E-state index in [1.54, 1.807) is 40.7 Å².